The van der Waals surface area contributed by atoms with Crippen molar-refractivity contribution in [2.45, 2.75) is 25.5 Å². The lowest BCUT2D eigenvalue weighted by Crippen LogP contribution is -2.35. The molecule has 1 aliphatic heterocycles. The molecular formula is C13H14FNO. The van der Waals surface area contributed by atoms with Gasteiger partial charge in [-0.2, -0.15) is 0 Å². The summed E-state index contributed by atoms with van der Waals surface area (Å²) in [7, 11) is 0. The molecule has 0 bridgehead atoms. The Bertz CT molecular complexity index is 424. The lowest BCUT2D eigenvalue weighted by Gasteiger charge is -2.13. The molecule has 0 aromatic heterocycles. The highest BCUT2D eigenvalue weighted by Crippen LogP contribution is 2.28. The fourth-order valence-corrected chi connectivity index (χ4v) is 1.77. The number of terminal acetylenes is 1. The molecule has 0 aliphatic carbocycles. The van der Waals surface area contributed by atoms with E-state index in [0.717, 1.165) is 17.7 Å². The second kappa shape index (κ2) is 4.54. The normalized spacial score (nSPS) is 19.7. The Balaban J connectivity index is 1.93. The molecule has 2 nitrogen and oxygen atoms in total. The van der Waals surface area contributed by atoms with E-state index in [4.69, 9.17) is 11.2 Å². The van der Waals surface area contributed by atoms with Crippen molar-refractivity contribution in [3.8, 4) is 18.1 Å². The number of benzene rings is 1. The lowest BCUT2D eigenvalue weighted by atomic mass is 10.1. The van der Waals surface area contributed by atoms with Crippen molar-refractivity contribution < 1.29 is 9.13 Å². The van der Waals surface area contributed by atoms with Crippen molar-refractivity contribution in [2.75, 3.05) is 6.54 Å². The summed E-state index contributed by atoms with van der Waals surface area (Å²) in [5.74, 6) is 3.16. The molecule has 0 spiro atoms. The largest absolute Gasteiger partial charge is 0.488 e. The van der Waals surface area contributed by atoms with E-state index in [2.05, 4.69) is 11.2 Å². The Morgan fingerprint density at radius 3 is 3.25 bits per heavy atom. The van der Waals surface area contributed by atoms with E-state index in [-0.39, 0.29) is 18.0 Å². The van der Waals surface area contributed by atoms with E-state index in [1.807, 2.05) is 6.92 Å². The zero-order valence-corrected chi connectivity index (χ0v) is 9.16. The Morgan fingerprint density at radius 2 is 2.50 bits per heavy atom. The molecule has 1 aromatic rings. The van der Waals surface area contributed by atoms with Crippen LogP contribution in [0.5, 0.6) is 5.75 Å². The number of hydrogen-bond donors (Lipinski definition) is 1. The van der Waals surface area contributed by atoms with Crippen LogP contribution in [0, 0.1) is 18.2 Å². The first-order chi connectivity index (χ1) is 7.69. The highest BCUT2D eigenvalue weighted by atomic mass is 19.1. The van der Waals surface area contributed by atoms with Crippen molar-refractivity contribution in [2.24, 2.45) is 0 Å². The molecule has 0 radical (unpaired) electrons. The van der Waals surface area contributed by atoms with E-state index in [1.165, 1.54) is 12.1 Å². The smallest absolute Gasteiger partial charge is 0.123 e. The standard InChI is InChI=1S/C13H14FNO/c1-3-9(2)15-8-12-7-10-6-11(14)4-5-13(10)16-12/h1,4-6,9,12,15H,7-8H2,2H3. The van der Waals surface area contributed by atoms with Crippen molar-refractivity contribution in [3.05, 3.63) is 29.6 Å². The van der Waals surface area contributed by atoms with Gasteiger partial charge >= 0.3 is 0 Å². The predicted octanol–water partition coefficient (Wildman–Crippen LogP) is 1.74. The molecule has 0 amide bonds. The number of hydrogen-bond acceptors (Lipinski definition) is 2. The first-order valence-electron chi connectivity index (χ1n) is 5.33. The third-order valence-electron chi connectivity index (χ3n) is 2.67. The van der Waals surface area contributed by atoms with Crippen LogP contribution in [-0.4, -0.2) is 18.7 Å². The highest BCUT2D eigenvalue weighted by Gasteiger charge is 2.23. The summed E-state index contributed by atoms with van der Waals surface area (Å²) in [6.07, 6.45) is 6.04. The summed E-state index contributed by atoms with van der Waals surface area (Å²) in [5, 5.41) is 3.17. The van der Waals surface area contributed by atoms with Crippen LogP contribution >= 0.6 is 0 Å². The summed E-state index contributed by atoms with van der Waals surface area (Å²) < 4.78 is 18.6. The van der Waals surface area contributed by atoms with E-state index in [1.54, 1.807) is 6.07 Å². The second-order valence-corrected chi connectivity index (χ2v) is 3.99. The maximum absolute atomic E-state index is 13.0. The van der Waals surface area contributed by atoms with Crippen LogP contribution in [-0.2, 0) is 6.42 Å². The average Bonchev–Trinajstić information content (AvgIpc) is 2.67. The molecule has 1 aliphatic rings. The maximum Gasteiger partial charge on any atom is 0.123 e. The van der Waals surface area contributed by atoms with Crippen LogP contribution in [0.15, 0.2) is 18.2 Å². The van der Waals surface area contributed by atoms with E-state index in [9.17, 15) is 4.39 Å². The van der Waals surface area contributed by atoms with E-state index >= 15 is 0 Å². The molecule has 0 saturated carbocycles. The topological polar surface area (TPSA) is 21.3 Å². The predicted molar refractivity (Wildman–Crippen MR) is 60.8 cm³/mol. The monoisotopic (exact) mass is 219 g/mol. The molecule has 0 fully saturated rings. The highest BCUT2D eigenvalue weighted by molar-refractivity contribution is 5.37. The molecule has 1 N–H and O–H groups in total. The third-order valence-corrected chi connectivity index (χ3v) is 2.67. The van der Waals surface area contributed by atoms with Crippen LogP contribution in [0.2, 0.25) is 0 Å². The molecular weight excluding hydrogens is 205 g/mol. The molecule has 1 heterocycles. The van der Waals surface area contributed by atoms with Crippen LogP contribution in [0.4, 0.5) is 4.39 Å². The van der Waals surface area contributed by atoms with Gasteiger partial charge in [0.25, 0.3) is 0 Å². The zero-order valence-electron chi connectivity index (χ0n) is 9.16. The van der Waals surface area contributed by atoms with Crippen molar-refractivity contribution in [1.29, 1.82) is 0 Å². The Kier molecular flexibility index (Phi) is 3.12. The van der Waals surface area contributed by atoms with Gasteiger partial charge in [-0.15, -0.1) is 6.42 Å². The summed E-state index contributed by atoms with van der Waals surface area (Å²) in [6, 6.07) is 4.65. The first-order valence-corrected chi connectivity index (χ1v) is 5.33. The molecule has 1 aromatic carbocycles. The maximum atomic E-state index is 13.0. The van der Waals surface area contributed by atoms with Crippen LogP contribution in [0.3, 0.4) is 0 Å². The average molecular weight is 219 g/mol. The third kappa shape index (κ3) is 2.34. The van der Waals surface area contributed by atoms with E-state index in [0.29, 0.717) is 6.54 Å². The quantitative estimate of drug-likeness (QED) is 0.782. The fourth-order valence-electron chi connectivity index (χ4n) is 1.77. The zero-order chi connectivity index (χ0) is 11.5. The van der Waals surface area contributed by atoms with Crippen molar-refractivity contribution >= 4 is 0 Å². The Morgan fingerprint density at radius 1 is 1.69 bits per heavy atom. The van der Waals surface area contributed by atoms with Gasteiger partial charge in [-0.3, -0.25) is 0 Å². The molecule has 3 heteroatoms. The van der Waals surface area contributed by atoms with E-state index < -0.39 is 0 Å². The van der Waals surface area contributed by atoms with Gasteiger partial charge in [-0.25, -0.2) is 4.39 Å². The first kappa shape index (κ1) is 11.0. The minimum Gasteiger partial charge on any atom is -0.488 e. The van der Waals surface area contributed by atoms with Gasteiger partial charge in [0.2, 0.25) is 0 Å². The van der Waals surface area contributed by atoms with Gasteiger partial charge in [0.05, 0.1) is 6.04 Å². The van der Waals surface area contributed by atoms with Gasteiger partial charge in [0.1, 0.15) is 17.7 Å². The van der Waals surface area contributed by atoms with Crippen molar-refractivity contribution in [1.82, 2.24) is 5.32 Å². The molecule has 84 valence electrons. The number of nitrogens with one attached hydrogen (secondary N) is 1. The minimum absolute atomic E-state index is 0.0315. The van der Waals surface area contributed by atoms with Crippen molar-refractivity contribution in [3.63, 3.8) is 0 Å². The number of rotatable bonds is 3. The van der Waals surface area contributed by atoms with Crippen LogP contribution in [0.1, 0.15) is 12.5 Å². The van der Waals surface area contributed by atoms with Crippen LogP contribution < -0.4 is 10.1 Å². The molecule has 2 unspecified atom stereocenters. The fraction of sp³-hybridized carbons (Fsp3) is 0.385. The van der Waals surface area contributed by atoms with Crippen LogP contribution in [0.25, 0.3) is 0 Å². The minimum atomic E-state index is -0.215. The van der Waals surface area contributed by atoms with Gasteiger partial charge in [-0.1, -0.05) is 5.92 Å². The van der Waals surface area contributed by atoms with Gasteiger partial charge in [-0.05, 0) is 25.1 Å². The summed E-state index contributed by atoms with van der Waals surface area (Å²) >= 11 is 0. The van der Waals surface area contributed by atoms with Gasteiger partial charge < -0.3 is 10.1 Å². The summed E-state index contributed by atoms with van der Waals surface area (Å²) in [5.41, 5.74) is 0.931. The molecule has 2 atom stereocenters. The SMILES string of the molecule is C#CC(C)NCC1Cc2cc(F)ccc2O1. The lowest BCUT2D eigenvalue weighted by molar-refractivity contribution is 0.226. The molecule has 2 rings (SSSR count). The number of ether oxygens (including phenoxy) is 1. The number of halogens is 1. The molecule has 16 heavy (non-hydrogen) atoms. The Labute approximate surface area is 94.8 Å². The second-order valence-electron chi connectivity index (χ2n) is 3.99. The van der Waals surface area contributed by atoms with Gasteiger partial charge in [0.15, 0.2) is 0 Å². The van der Waals surface area contributed by atoms with Gasteiger partial charge in [0, 0.05) is 18.5 Å². The number of fused-ring (bicyclic) bond motifs is 1. The Hall–Kier alpha value is -1.53. The summed E-state index contributed by atoms with van der Waals surface area (Å²) in [6.45, 7) is 2.60. The molecule has 0 saturated heterocycles. The summed E-state index contributed by atoms with van der Waals surface area (Å²) in [4.78, 5) is 0.